The number of carbonyl (C=O) groups is 1. The molecule has 0 saturated carbocycles. The fourth-order valence-corrected chi connectivity index (χ4v) is 2.76. The van der Waals surface area contributed by atoms with Gasteiger partial charge in [-0.15, -0.1) is 0 Å². The summed E-state index contributed by atoms with van der Waals surface area (Å²) in [7, 11) is -0.511. The normalized spacial score (nSPS) is 11.6. The highest BCUT2D eigenvalue weighted by Crippen LogP contribution is 2.30. The molecule has 0 fully saturated rings. The van der Waals surface area contributed by atoms with Gasteiger partial charge < -0.3 is 9.64 Å². The summed E-state index contributed by atoms with van der Waals surface area (Å²) in [6.07, 6.45) is 0. The molecular weight excluding hydrogens is 292 g/mol. The van der Waals surface area contributed by atoms with E-state index in [9.17, 15) is 13.2 Å². The summed E-state index contributed by atoms with van der Waals surface area (Å²) in [5.41, 5.74) is 1.20. The van der Waals surface area contributed by atoms with Crippen LogP contribution in [0.2, 0.25) is 0 Å². The van der Waals surface area contributed by atoms with E-state index < -0.39 is 10.0 Å². The Kier molecular flexibility index (Phi) is 5.36. The molecule has 0 aliphatic heterocycles. The molecule has 0 aromatic heterocycles. The van der Waals surface area contributed by atoms with Gasteiger partial charge in [0.05, 0.1) is 4.90 Å². The molecule has 0 atom stereocenters. The number of rotatable bonds is 5. The minimum Gasteiger partial charge on any atom is -0.483 e. The number of likely N-dealkylation sites (N-methyl/N-ethyl adjacent to an activating group) is 1. The first kappa shape index (κ1) is 17.5. The number of nitrogens with two attached hydrogens (primary N) is 1. The van der Waals surface area contributed by atoms with Crippen molar-refractivity contribution in [3.05, 3.63) is 23.3 Å². The largest absolute Gasteiger partial charge is 0.483 e. The highest BCUT2D eigenvalue weighted by molar-refractivity contribution is 7.89. The lowest BCUT2D eigenvalue weighted by molar-refractivity contribution is -0.130. The third-order valence-corrected chi connectivity index (χ3v) is 4.05. The predicted octanol–water partition coefficient (Wildman–Crippen LogP) is 1.23. The molecule has 0 radical (unpaired) electrons. The third-order valence-electron chi connectivity index (χ3n) is 3.09. The van der Waals surface area contributed by atoms with Crippen molar-refractivity contribution in [2.75, 3.05) is 20.7 Å². The Hall–Kier alpha value is -1.60. The summed E-state index contributed by atoms with van der Waals surface area (Å²) in [6, 6.07) is 3.13. The summed E-state index contributed by atoms with van der Waals surface area (Å²) >= 11 is 0. The first-order valence-corrected chi connectivity index (χ1v) is 8.09. The lowest BCUT2D eigenvalue weighted by Gasteiger charge is -2.17. The van der Waals surface area contributed by atoms with Crippen molar-refractivity contribution >= 4 is 15.9 Å². The molecule has 0 aliphatic rings. The van der Waals surface area contributed by atoms with Gasteiger partial charge in [0, 0.05) is 14.1 Å². The van der Waals surface area contributed by atoms with Crippen LogP contribution in [-0.2, 0) is 14.8 Å². The van der Waals surface area contributed by atoms with Gasteiger partial charge in [-0.25, -0.2) is 13.6 Å². The molecule has 0 bridgehead atoms. The van der Waals surface area contributed by atoms with Gasteiger partial charge in [0.2, 0.25) is 10.0 Å². The Morgan fingerprint density at radius 3 is 2.33 bits per heavy atom. The summed E-state index contributed by atoms with van der Waals surface area (Å²) in [5, 5.41) is 5.25. The fraction of sp³-hybridized carbons (Fsp3) is 0.500. The van der Waals surface area contributed by atoms with E-state index in [0.717, 1.165) is 0 Å². The van der Waals surface area contributed by atoms with Crippen LogP contribution in [0.15, 0.2) is 17.0 Å². The molecule has 0 aliphatic carbocycles. The molecule has 6 nitrogen and oxygen atoms in total. The van der Waals surface area contributed by atoms with E-state index in [2.05, 4.69) is 0 Å². The molecule has 0 spiro atoms. The SMILES string of the molecule is Cc1cc(S(N)(=O)=O)c(C(C)C)cc1OCC(=O)N(C)C. The minimum atomic E-state index is -3.79. The zero-order chi connectivity index (χ0) is 16.4. The molecule has 7 heteroatoms. The quantitative estimate of drug-likeness (QED) is 0.885. The lowest BCUT2D eigenvalue weighted by Crippen LogP contribution is -2.27. The van der Waals surface area contributed by atoms with Crippen LogP contribution in [0.5, 0.6) is 5.75 Å². The number of sulfonamides is 1. The van der Waals surface area contributed by atoms with Crippen LogP contribution in [0.4, 0.5) is 0 Å². The molecule has 2 N–H and O–H groups in total. The number of primary sulfonamides is 1. The molecule has 1 rings (SSSR count). The lowest BCUT2D eigenvalue weighted by atomic mass is 10.0. The molecule has 21 heavy (non-hydrogen) atoms. The number of carbonyl (C=O) groups excluding carboxylic acids is 1. The maximum Gasteiger partial charge on any atom is 0.259 e. The monoisotopic (exact) mass is 314 g/mol. The minimum absolute atomic E-state index is 0.0363. The average Bonchev–Trinajstić information content (AvgIpc) is 2.34. The topological polar surface area (TPSA) is 89.7 Å². The van der Waals surface area contributed by atoms with Crippen molar-refractivity contribution in [1.29, 1.82) is 0 Å². The van der Waals surface area contributed by atoms with Gasteiger partial charge in [0.1, 0.15) is 5.75 Å². The Morgan fingerprint density at radius 2 is 1.90 bits per heavy atom. The van der Waals surface area contributed by atoms with Gasteiger partial charge >= 0.3 is 0 Å². The Morgan fingerprint density at radius 1 is 1.33 bits per heavy atom. The highest BCUT2D eigenvalue weighted by atomic mass is 32.2. The van der Waals surface area contributed by atoms with Crippen LogP contribution < -0.4 is 9.88 Å². The second-order valence-corrected chi connectivity index (χ2v) is 6.96. The van der Waals surface area contributed by atoms with Crippen molar-refractivity contribution in [1.82, 2.24) is 4.90 Å². The van der Waals surface area contributed by atoms with Gasteiger partial charge in [-0.3, -0.25) is 4.79 Å². The zero-order valence-electron chi connectivity index (χ0n) is 13.0. The van der Waals surface area contributed by atoms with Gasteiger partial charge in [-0.1, -0.05) is 13.8 Å². The Labute approximate surface area is 125 Å². The zero-order valence-corrected chi connectivity index (χ0v) is 13.8. The molecule has 1 aromatic rings. The van der Waals surface area contributed by atoms with Gasteiger partial charge in [0.15, 0.2) is 6.61 Å². The highest BCUT2D eigenvalue weighted by Gasteiger charge is 2.19. The first-order valence-electron chi connectivity index (χ1n) is 6.54. The van der Waals surface area contributed by atoms with E-state index in [4.69, 9.17) is 9.88 Å². The van der Waals surface area contributed by atoms with Crippen LogP contribution in [0.3, 0.4) is 0 Å². The first-order chi connectivity index (χ1) is 9.54. The van der Waals surface area contributed by atoms with E-state index in [-0.39, 0.29) is 23.3 Å². The number of hydrogen-bond donors (Lipinski definition) is 1. The van der Waals surface area contributed by atoms with Crippen LogP contribution in [-0.4, -0.2) is 39.9 Å². The van der Waals surface area contributed by atoms with E-state index in [1.807, 2.05) is 13.8 Å². The number of hydrogen-bond acceptors (Lipinski definition) is 4. The van der Waals surface area contributed by atoms with Crippen molar-refractivity contribution in [3.63, 3.8) is 0 Å². The number of benzene rings is 1. The second-order valence-electron chi connectivity index (χ2n) is 5.43. The van der Waals surface area contributed by atoms with Crippen LogP contribution >= 0.6 is 0 Å². The summed E-state index contributed by atoms with van der Waals surface area (Å²) in [6.45, 7) is 5.36. The molecular formula is C14H22N2O4S. The Balaban J connectivity index is 3.20. The van der Waals surface area contributed by atoms with Crippen molar-refractivity contribution in [3.8, 4) is 5.75 Å². The standard InChI is InChI=1S/C14H22N2O4S/c1-9(2)11-7-12(20-8-14(17)16(4)5)10(3)6-13(11)21(15,18)19/h6-7,9H,8H2,1-5H3,(H2,15,18,19). The number of aryl methyl sites for hydroxylation is 1. The fourth-order valence-electron chi connectivity index (χ4n) is 1.80. The predicted molar refractivity (Wildman–Crippen MR) is 80.8 cm³/mol. The van der Waals surface area contributed by atoms with Crippen LogP contribution in [0.25, 0.3) is 0 Å². The number of ether oxygens (including phenoxy) is 1. The Bertz CT molecular complexity index is 637. The summed E-state index contributed by atoms with van der Waals surface area (Å²) < 4.78 is 28.8. The molecule has 1 amide bonds. The smallest absolute Gasteiger partial charge is 0.259 e. The number of amides is 1. The number of nitrogens with zero attached hydrogens (tertiary/aromatic N) is 1. The van der Waals surface area contributed by atoms with E-state index in [1.165, 1.54) is 11.0 Å². The van der Waals surface area contributed by atoms with Crippen molar-refractivity contribution < 1.29 is 17.9 Å². The summed E-state index contributed by atoms with van der Waals surface area (Å²) in [5.74, 6) is 0.281. The maximum absolute atomic E-state index is 11.7. The molecule has 0 saturated heterocycles. The third kappa shape index (κ3) is 4.44. The molecule has 1 aromatic carbocycles. The van der Waals surface area contributed by atoms with Crippen LogP contribution in [0.1, 0.15) is 30.9 Å². The molecule has 0 unspecified atom stereocenters. The maximum atomic E-state index is 11.7. The van der Waals surface area contributed by atoms with Crippen LogP contribution in [0, 0.1) is 6.92 Å². The van der Waals surface area contributed by atoms with Gasteiger partial charge in [-0.05, 0) is 36.1 Å². The van der Waals surface area contributed by atoms with E-state index in [1.54, 1.807) is 27.1 Å². The van der Waals surface area contributed by atoms with E-state index >= 15 is 0 Å². The second kappa shape index (κ2) is 6.44. The summed E-state index contributed by atoms with van der Waals surface area (Å²) in [4.78, 5) is 13.1. The average molecular weight is 314 g/mol. The van der Waals surface area contributed by atoms with E-state index in [0.29, 0.717) is 16.9 Å². The van der Waals surface area contributed by atoms with Crippen molar-refractivity contribution in [2.45, 2.75) is 31.6 Å². The van der Waals surface area contributed by atoms with Crippen molar-refractivity contribution in [2.24, 2.45) is 5.14 Å². The van der Waals surface area contributed by atoms with Gasteiger partial charge in [-0.2, -0.15) is 0 Å². The molecule has 118 valence electrons. The molecule has 0 heterocycles. The van der Waals surface area contributed by atoms with Gasteiger partial charge in [0.25, 0.3) is 5.91 Å².